The fraction of sp³-hybridized carbons (Fsp3) is 0.0769. The quantitative estimate of drug-likeness (QED) is 0.663. The van der Waals surface area contributed by atoms with E-state index in [-0.39, 0.29) is 6.54 Å². The molecule has 7 nitrogen and oxygen atoms in total. The summed E-state index contributed by atoms with van der Waals surface area (Å²) in [5.41, 5.74) is 2.58. The topological polar surface area (TPSA) is 99.8 Å². The molecule has 8 heteroatoms. The van der Waals surface area contributed by atoms with Gasteiger partial charge in [-0.05, 0) is 23.8 Å². The van der Waals surface area contributed by atoms with Gasteiger partial charge in [0.1, 0.15) is 11.0 Å². The minimum Gasteiger partial charge on any atom is -0.271 e. The van der Waals surface area contributed by atoms with E-state index in [1.807, 2.05) is 30.3 Å². The van der Waals surface area contributed by atoms with Crippen LogP contribution in [0.2, 0.25) is 0 Å². The molecule has 0 unspecified atom stereocenters. The van der Waals surface area contributed by atoms with Crippen molar-refractivity contribution in [3.05, 3.63) is 54.1 Å². The molecule has 1 aromatic heterocycles. The van der Waals surface area contributed by atoms with Crippen LogP contribution in [-0.4, -0.2) is 23.8 Å². The third kappa shape index (κ3) is 3.36. The maximum atomic E-state index is 12.0. The Kier molecular flexibility index (Phi) is 3.55. The van der Waals surface area contributed by atoms with Gasteiger partial charge in [-0.2, -0.15) is 28.6 Å². The second kappa shape index (κ2) is 5.51. The highest BCUT2D eigenvalue weighted by molar-refractivity contribution is 7.90. The van der Waals surface area contributed by atoms with Gasteiger partial charge in [-0.3, -0.25) is 4.72 Å². The maximum absolute atomic E-state index is 12.0. The summed E-state index contributed by atoms with van der Waals surface area (Å²) >= 11 is 0. The average Bonchev–Trinajstić information content (AvgIpc) is 2.93. The summed E-state index contributed by atoms with van der Waals surface area (Å²) in [5, 5.41) is 10.3. The van der Waals surface area contributed by atoms with Gasteiger partial charge < -0.3 is 0 Å². The van der Waals surface area contributed by atoms with E-state index in [2.05, 4.69) is 24.9 Å². The Morgan fingerprint density at radius 1 is 1.00 bits per heavy atom. The molecule has 2 aromatic carbocycles. The molecule has 3 aromatic rings. The lowest BCUT2D eigenvalue weighted by atomic mass is 10.2. The molecule has 1 heterocycles. The molecule has 0 radical (unpaired) electrons. The number of anilines is 1. The lowest BCUT2D eigenvalue weighted by Gasteiger charge is -2.09. The van der Waals surface area contributed by atoms with Crippen LogP contribution in [0.1, 0.15) is 5.56 Å². The number of nitrogens with zero attached hydrogens (tertiary/aromatic N) is 2. The normalized spacial score (nSPS) is 11.6. The van der Waals surface area contributed by atoms with E-state index in [0.717, 1.165) is 5.56 Å². The molecule has 0 aliphatic carbocycles. The van der Waals surface area contributed by atoms with Gasteiger partial charge in [0.25, 0.3) is 10.2 Å². The highest BCUT2D eigenvalue weighted by Gasteiger charge is 2.10. The largest absolute Gasteiger partial charge is 0.299 e. The SMILES string of the molecule is O=S(=O)(NCc1ccccc1)Nc1ccc2n[nH]nc2c1. The molecule has 0 aliphatic heterocycles. The molecule has 0 saturated carbocycles. The first-order valence-electron chi connectivity index (χ1n) is 6.24. The van der Waals surface area contributed by atoms with E-state index in [4.69, 9.17) is 0 Å². The zero-order valence-corrected chi connectivity index (χ0v) is 11.8. The molecule has 0 saturated heterocycles. The van der Waals surface area contributed by atoms with Crippen LogP contribution in [0.3, 0.4) is 0 Å². The molecule has 0 aliphatic rings. The summed E-state index contributed by atoms with van der Waals surface area (Å²) in [6, 6.07) is 14.2. The number of H-pyrrole nitrogens is 1. The van der Waals surface area contributed by atoms with E-state index in [1.54, 1.807) is 18.2 Å². The van der Waals surface area contributed by atoms with Gasteiger partial charge in [-0.1, -0.05) is 30.3 Å². The lowest BCUT2D eigenvalue weighted by Crippen LogP contribution is -2.29. The summed E-state index contributed by atoms with van der Waals surface area (Å²) in [5.74, 6) is 0. The van der Waals surface area contributed by atoms with Crippen LogP contribution in [0, 0.1) is 0 Å². The molecule has 3 N–H and O–H groups in total. The average molecular weight is 303 g/mol. The Morgan fingerprint density at radius 3 is 2.57 bits per heavy atom. The minimum absolute atomic E-state index is 0.225. The second-order valence-corrected chi connectivity index (χ2v) is 5.94. The van der Waals surface area contributed by atoms with E-state index < -0.39 is 10.2 Å². The third-order valence-electron chi connectivity index (χ3n) is 2.88. The van der Waals surface area contributed by atoms with Gasteiger partial charge in [0, 0.05) is 6.54 Å². The van der Waals surface area contributed by atoms with Gasteiger partial charge in [-0.15, -0.1) is 0 Å². The van der Waals surface area contributed by atoms with Crippen LogP contribution in [0.15, 0.2) is 48.5 Å². The van der Waals surface area contributed by atoms with Crippen molar-refractivity contribution in [1.82, 2.24) is 20.1 Å². The van der Waals surface area contributed by atoms with E-state index >= 15 is 0 Å². The van der Waals surface area contributed by atoms with Crippen molar-refractivity contribution in [3.8, 4) is 0 Å². The molecule has 0 spiro atoms. The fourth-order valence-electron chi connectivity index (χ4n) is 1.87. The first kappa shape index (κ1) is 13.5. The van der Waals surface area contributed by atoms with Crippen LogP contribution in [0.25, 0.3) is 11.0 Å². The Morgan fingerprint density at radius 2 is 1.76 bits per heavy atom. The van der Waals surface area contributed by atoms with Crippen molar-refractivity contribution >= 4 is 26.9 Å². The first-order valence-corrected chi connectivity index (χ1v) is 7.72. The molecule has 21 heavy (non-hydrogen) atoms. The highest BCUT2D eigenvalue weighted by atomic mass is 32.2. The summed E-state index contributed by atoms with van der Waals surface area (Å²) in [6.07, 6.45) is 0. The van der Waals surface area contributed by atoms with Crippen molar-refractivity contribution in [2.75, 3.05) is 4.72 Å². The molecular formula is C13H13N5O2S. The van der Waals surface area contributed by atoms with Crippen molar-refractivity contribution in [1.29, 1.82) is 0 Å². The van der Waals surface area contributed by atoms with Crippen LogP contribution >= 0.6 is 0 Å². The van der Waals surface area contributed by atoms with Crippen LogP contribution in [-0.2, 0) is 16.8 Å². The van der Waals surface area contributed by atoms with Gasteiger partial charge >= 0.3 is 0 Å². The maximum Gasteiger partial charge on any atom is 0.299 e. The Hall–Kier alpha value is -2.45. The first-order chi connectivity index (χ1) is 10.1. The number of fused-ring (bicyclic) bond motifs is 1. The number of hydrogen-bond acceptors (Lipinski definition) is 4. The Bertz CT molecular complexity index is 845. The Labute approximate surface area is 121 Å². The summed E-state index contributed by atoms with van der Waals surface area (Å²) < 4.78 is 28.9. The number of aromatic nitrogens is 3. The molecule has 0 fully saturated rings. The highest BCUT2D eigenvalue weighted by Crippen LogP contribution is 2.15. The summed E-state index contributed by atoms with van der Waals surface area (Å²) in [4.78, 5) is 0. The molecule has 0 bridgehead atoms. The fourth-order valence-corrected chi connectivity index (χ4v) is 2.74. The zero-order chi connectivity index (χ0) is 14.7. The van der Waals surface area contributed by atoms with Crippen molar-refractivity contribution in [3.63, 3.8) is 0 Å². The zero-order valence-electron chi connectivity index (χ0n) is 10.9. The molecule has 108 valence electrons. The summed E-state index contributed by atoms with van der Waals surface area (Å²) in [6.45, 7) is 0.225. The monoisotopic (exact) mass is 303 g/mol. The van der Waals surface area contributed by atoms with Crippen LogP contribution in [0.4, 0.5) is 5.69 Å². The standard InChI is InChI=1S/C13H13N5O2S/c19-21(20,14-9-10-4-2-1-3-5-10)17-11-6-7-12-13(8-11)16-18-15-12/h1-8,14,17H,9H2,(H,15,16,18). The van der Waals surface area contributed by atoms with E-state index in [1.165, 1.54) is 0 Å². The Balaban J connectivity index is 1.70. The number of aromatic amines is 1. The molecule has 3 rings (SSSR count). The van der Waals surface area contributed by atoms with Gasteiger partial charge in [0.05, 0.1) is 5.69 Å². The number of hydrogen-bond donors (Lipinski definition) is 3. The summed E-state index contributed by atoms with van der Waals surface area (Å²) in [7, 11) is -3.64. The van der Waals surface area contributed by atoms with Crippen LogP contribution < -0.4 is 9.44 Å². The van der Waals surface area contributed by atoms with Gasteiger partial charge in [-0.25, -0.2) is 0 Å². The van der Waals surface area contributed by atoms with Crippen molar-refractivity contribution in [2.45, 2.75) is 6.54 Å². The number of benzene rings is 2. The lowest BCUT2D eigenvalue weighted by molar-refractivity contribution is 0.587. The predicted octanol–water partition coefficient (Wildman–Crippen LogP) is 1.40. The van der Waals surface area contributed by atoms with Crippen molar-refractivity contribution in [2.24, 2.45) is 0 Å². The predicted molar refractivity (Wildman–Crippen MR) is 79.7 cm³/mol. The molecule has 0 amide bonds. The smallest absolute Gasteiger partial charge is 0.271 e. The third-order valence-corrected chi connectivity index (χ3v) is 3.91. The van der Waals surface area contributed by atoms with Gasteiger partial charge in [0.2, 0.25) is 0 Å². The number of rotatable bonds is 5. The van der Waals surface area contributed by atoms with Crippen molar-refractivity contribution < 1.29 is 8.42 Å². The van der Waals surface area contributed by atoms with E-state index in [0.29, 0.717) is 16.7 Å². The number of nitrogens with one attached hydrogen (secondary N) is 3. The minimum atomic E-state index is -3.64. The molecule has 0 atom stereocenters. The van der Waals surface area contributed by atoms with E-state index in [9.17, 15) is 8.42 Å². The van der Waals surface area contributed by atoms with Gasteiger partial charge in [0.15, 0.2) is 0 Å². The molecular weight excluding hydrogens is 290 g/mol. The second-order valence-electron chi connectivity index (χ2n) is 4.44. The van der Waals surface area contributed by atoms with Crippen LogP contribution in [0.5, 0.6) is 0 Å².